The topological polar surface area (TPSA) is 51.8 Å². The molecule has 0 amide bonds. The number of hydrogen-bond acceptors (Lipinski definition) is 4. The molecular weight excluding hydrogens is 166 g/mol. The van der Waals surface area contributed by atoms with Crippen LogP contribution in [-0.2, 0) is 0 Å². The van der Waals surface area contributed by atoms with Gasteiger partial charge in [0.1, 0.15) is 18.0 Å². The zero-order valence-corrected chi connectivity index (χ0v) is 6.56. The number of rotatable bonds is 0. The van der Waals surface area contributed by atoms with E-state index in [1.54, 1.807) is 0 Å². The molecule has 1 radical (unpaired) electrons. The highest BCUT2D eigenvalue weighted by Gasteiger charge is 2.01. The molecule has 0 aliphatic heterocycles. The molecule has 0 fully saturated rings. The second kappa shape index (κ2) is 2.26. The molecule has 1 aromatic carbocycles. The van der Waals surface area contributed by atoms with Crippen molar-refractivity contribution >= 4 is 22.0 Å². The largest absolute Gasteiger partial charge is 0.443 e. The van der Waals surface area contributed by atoms with Crippen LogP contribution in [0.15, 0.2) is 29.3 Å². The first-order valence-corrected chi connectivity index (χ1v) is 3.79. The second-order valence-corrected chi connectivity index (χ2v) is 2.67. The summed E-state index contributed by atoms with van der Waals surface area (Å²) in [6.45, 7) is 0. The third kappa shape index (κ3) is 0.885. The molecule has 0 saturated heterocycles. The van der Waals surface area contributed by atoms with Crippen LogP contribution in [-0.4, -0.2) is 15.0 Å². The van der Waals surface area contributed by atoms with Crippen LogP contribution in [0, 0.1) is 6.20 Å². The number of oxazole rings is 1. The van der Waals surface area contributed by atoms with Crippen molar-refractivity contribution < 1.29 is 4.42 Å². The summed E-state index contributed by atoms with van der Waals surface area (Å²) in [4.78, 5) is 11.9. The van der Waals surface area contributed by atoms with Crippen molar-refractivity contribution in [3.05, 3.63) is 31.1 Å². The van der Waals surface area contributed by atoms with Gasteiger partial charge in [-0.05, 0) is 6.07 Å². The van der Waals surface area contributed by atoms with Gasteiger partial charge >= 0.3 is 0 Å². The molecule has 0 bridgehead atoms. The van der Waals surface area contributed by atoms with Crippen molar-refractivity contribution in [2.24, 2.45) is 0 Å². The van der Waals surface area contributed by atoms with E-state index in [-0.39, 0.29) is 0 Å². The molecule has 4 heteroatoms. The minimum atomic E-state index is 0.736. The quantitative estimate of drug-likeness (QED) is 0.513. The van der Waals surface area contributed by atoms with E-state index >= 15 is 0 Å². The molecule has 0 aliphatic carbocycles. The summed E-state index contributed by atoms with van der Waals surface area (Å²) in [5.41, 5.74) is 2.36. The van der Waals surface area contributed by atoms with Crippen molar-refractivity contribution in [2.45, 2.75) is 0 Å². The minimum absolute atomic E-state index is 0.736. The maximum atomic E-state index is 5.14. The molecule has 0 N–H and O–H groups in total. The normalized spacial score (nSPS) is 11.1. The highest BCUT2D eigenvalue weighted by Crippen LogP contribution is 2.18. The smallest absolute Gasteiger partial charge is 0.181 e. The van der Waals surface area contributed by atoms with E-state index in [4.69, 9.17) is 4.42 Å². The van der Waals surface area contributed by atoms with Gasteiger partial charge < -0.3 is 4.42 Å². The fourth-order valence-corrected chi connectivity index (χ4v) is 1.28. The van der Waals surface area contributed by atoms with E-state index in [1.807, 2.05) is 12.1 Å². The molecular formula is C9H4N3O. The first-order chi connectivity index (χ1) is 6.43. The number of fused-ring (bicyclic) bond motifs is 2. The van der Waals surface area contributed by atoms with E-state index in [9.17, 15) is 0 Å². The van der Waals surface area contributed by atoms with Gasteiger partial charge in [-0.25, -0.2) is 15.0 Å². The van der Waals surface area contributed by atoms with E-state index < -0.39 is 0 Å². The highest BCUT2D eigenvalue weighted by atomic mass is 16.3. The summed E-state index contributed by atoms with van der Waals surface area (Å²) in [6, 6.07) is 3.68. The van der Waals surface area contributed by atoms with Gasteiger partial charge in [0.2, 0.25) is 0 Å². The summed E-state index contributed by atoms with van der Waals surface area (Å²) in [6.07, 6.45) is 5.72. The van der Waals surface area contributed by atoms with Crippen LogP contribution in [0.25, 0.3) is 22.0 Å². The van der Waals surface area contributed by atoms with E-state index in [2.05, 4.69) is 21.1 Å². The Morgan fingerprint density at radius 2 is 2.15 bits per heavy atom. The molecule has 13 heavy (non-hydrogen) atoms. The van der Waals surface area contributed by atoms with Crippen LogP contribution in [0.5, 0.6) is 0 Å². The fraction of sp³-hybridized carbons (Fsp3) is 0. The van der Waals surface area contributed by atoms with Crippen molar-refractivity contribution in [1.29, 1.82) is 0 Å². The Morgan fingerprint density at radius 1 is 1.15 bits per heavy atom. The predicted octanol–water partition coefficient (Wildman–Crippen LogP) is 1.57. The molecule has 4 nitrogen and oxygen atoms in total. The summed E-state index contributed by atoms with van der Waals surface area (Å²) in [5.74, 6) is 0. The molecule has 2 heterocycles. The van der Waals surface area contributed by atoms with Crippen LogP contribution in [0.3, 0.4) is 0 Å². The Balaban J connectivity index is 2.57. The summed E-state index contributed by atoms with van der Waals surface area (Å²) >= 11 is 0. The average molecular weight is 170 g/mol. The fourth-order valence-electron chi connectivity index (χ4n) is 1.28. The SMILES string of the molecule is [c]1ncnc2cc3ocnc3cc12. The molecule has 0 unspecified atom stereocenters. The molecule has 61 valence electrons. The molecule has 0 saturated carbocycles. The summed E-state index contributed by atoms with van der Waals surface area (Å²) in [5, 5.41) is 0.851. The third-order valence-corrected chi connectivity index (χ3v) is 1.89. The molecule has 3 rings (SSSR count). The highest BCUT2D eigenvalue weighted by molar-refractivity contribution is 5.90. The number of hydrogen-bond donors (Lipinski definition) is 0. The van der Waals surface area contributed by atoms with E-state index in [0.717, 1.165) is 22.0 Å². The lowest BCUT2D eigenvalue weighted by Crippen LogP contribution is -1.80. The van der Waals surface area contributed by atoms with Gasteiger partial charge in [0.25, 0.3) is 0 Å². The molecule has 0 aliphatic rings. The van der Waals surface area contributed by atoms with Crippen LogP contribution in [0.4, 0.5) is 0 Å². The summed E-state index contributed by atoms with van der Waals surface area (Å²) in [7, 11) is 0. The lowest BCUT2D eigenvalue weighted by Gasteiger charge is -1.92. The Kier molecular flexibility index (Phi) is 1.14. The maximum Gasteiger partial charge on any atom is 0.181 e. The van der Waals surface area contributed by atoms with Gasteiger partial charge in [-0.3, -0.25) is 0 Å². The Labute approximate surface area is 73.2 Å². The molecule has 2 aromatic heterocycles. The minimum Gasteiger partial charge on any atom is -0.443 e. The number of nitrogens with zero attached hydrogens (tertiary/aromatic N) is 3. The first-order valence-electron chi connectivity index (χ1n) is 3.79. The Bertz CT molecular complexity index is 523. The lowest BCUT2D eigenvalue weighted by molar-refractivity contribution is 0.602. The van der Waals surface area contributed by atoms with Crippen molar-refractivity contribution in [2.75, 3.05) is 0 Å². The molecule has 3 aromatic rings. The van der Waals surface area contributed by atoms with E-state index in [1.165, 1.54) is 12.7 Å². The van der Waals surface area contributed by atoms with Crippen LogP contribution >= 0.6 is 0 Å². The van der Waals surface area contributed by atoms with Crippen LogP contribution in [0.1, 0.15) is 0 Å². The van der Waals surface area contributed by atoms with Gasteiger partial charge in [-0.2, -0.15) is 0 Å². The third-order valence-electron chi connectivity index (χ3n) is 1.89. The monoisotopic (exact) mass is 170 g/mol. The van der Waals surface area contributed by atoms with E-state index in [0.29, 0.717) is 0 Å². The second-order valence-electron chi connectivity index (χ2n) is 2.67. The zero-order valence-electron chi connectivity index (χ0n) is 6.56. The van der Waals surface area contributed by atoms with Gasteiger partial charge in [-0.1, -0.05) is 0 Å². The van der Waals surface area contributed by atoms with Crippen molar-refractivity contribution in [3.8, 4) is 0 Å². The predicted molar refractivity (Wildman–Crippen MR) is 45.9 cm³/mol. The zero-order chi connectivity index (χ0) is 8.67. The average Bonchev–Trinajstić information content (AvgIpc) is 2.61. The van der Waals surface area contributed by atoms with Gasteiger partial charge in [0.15, 0.2) is 12.0 Å². The standard InChI is InChI=1S/C9H4N3O/c1-6-3-10-4-11-7(6)2-9-8(1)12-5-13-9/h1-2,4-5H. The van der Waals surface area contributed by atoms with Crippen LogP contribution < -0.4 is 0 Å². The van der Waals surface area contributed by atoms with Gasteiger partial charge in [0, 0.05) is 11.5 Å². The summed E-state index contributed by atoms with van der Waals surface area (Å²) < 4.78 is 5.14. The van der Waals surface area contributed by atoms with Gasteiger partial charge in [0.05, 0.1) is 5.52 Å². The van der Waals surface area contributed by atoms with Crippen LogP contribution in [0.2, 0.25) is 0 Å². The van der Waals surface area contributed by atoms with Gasteiger partial charge in [-0.15, -0.1) is 0 Å². The van der Waals surface area contributed by atoms with Crippen molar-refractivity contribution in [3.63, 3.8) is 0 Å². The molecule has 0 atom stereocenters. The van der Waals surface area contributed by atoms with Crippen molar-refractivity contribution in [1.82, 2.24) is 15.0 Å². The Hall–Kier alpha value is -1.97. The molecule has 0 spiro atoms. The maximum absolute atomic E-state index is 5.14. The number of aromatic nitrogens is 3. The Morgan fingerprint density at radius 3 is 3.15 bits per heavy atom. The lowest BCUT2D eigenvalue weighted by atomic mass is 10.2. The number of benzene rings is 1. The first kappa shape index (κ1) is 6.54.